The molecule has 4 aliphatic rings. The Balaban J connectivity index is 1.52. The first-order valence-corrected chi connectivity index (χ1v) is 7.70. The van der Waals surface area contributed by atoms with E-state index < -0.39 is 0 Å². The Morgan fingerprint density at radius 3 is 2.74 bits per heavy atom. The molecule has 4 bridgehead atoms. The van der Waals surface area contributed by atoms with Crippen LogP contribution >= 0.6 is 0 Å². The number of ether oxygens (including phenoxy) is 1. The summed E-state index contributed by atoms with van der Waals surface area (Å²) in [6.45, 7) is 5.56. The van der Waals surface area contributed by atoms with Crippen molar-refractivity contribution in [3.8, 4) is 0 Å². The third kappa shape index (κ3) is 1.52. The summed E-state index contributed by atoms with van der Waals surface area (Å²) < 4.78 is 5.49. The third-order valence-electron chi connectivity index (χ3n) is 6.39. The van der Waals surface area contributed by atoms with Crippen LogP contribution in [-0.4, -0.2) is 12.1 Å². The van der Waals surface area contributed by atoms with Crippen molar-refractivity contribution in [3.63, 3.8) is 0 Å². The smallest absolute Gasteiger partial charge is 0.330 e. The van der Waals surface area contributed by atoms with E-state index in [1.807, 2.05) is 0 Å². The SMILES string of the molecule is C=CC(=O)OC(C)C1CC2CC1C1C3C=CC(C3)C21. The molecule has 0 aromatic rings. The Bertz CT molecular complexity index is 452. The van der Waals surface area contributed by atoms with Gasteiger partial charge in [0.2, 0.25) is 0 Å². The molecule has 0 spiro atoms. The molecule has 4 rings (SSSR count). The minimum atomic E-state index is -0.264. The van der Waals surface area contributed by atoms with Crippen LogP contribution in [-0.2, 0) is 9.53 Å². The van der Waals surface area contributed by atoms with Gasteiger partial charge in [-0.2, -0.15) is 0 Å². The topological polar surface area (TPSA) is 26.3 Å². The zero-order chi connectivity index (χ0) is 13.1. The van der Waals surface area contributed by atoms with E-state index in [1.165, 1.54) is 25.3 Å². The highest BCUT2D eigenvalue weighted by molar-refractivity contribution is 5.81. The fourth-order valence-corrected chi connectivity index (χ4v) is 5.93. The molecule has 0 saturated heterocycles. The first-order valence-electron chi connectivity index (χ1n) is 7.70. The summed E-state index contributed by atoms with van der Waals surface area (Å²) in [5, 5.41) is 0. The quantitative estimate of drug-likeness (QED) is 0.336. The predicted molar refractivity (Wildman–Crippen MR) is 73.2 cm³/mol. The molecule has 0 aliphatic heterocycles. The Labute approximate surface area is 114 Å². The molecule has 0 radical (unpaired) electrons. The molecule has 0 N–H and O–H groups in total. The first-order chi connectivity index (χ1) is 9.19. The Kier molecular flexibility index (Phi) is 2.46. The van der Waals surface area contributed by atoms with Gasteiger partial charge in [0.25, 0.3) is 0 Å². The number of carbonyl (C=O) groups is 1. The van der Waals surface area contributed by atoms with E-state index in [2.05, 4.69) is 25.7 Å². The number of hydrogen-bond acceptors (Lipinski definition) is 2. The summed E-state index contributed by atoms with van der Waals surface area (Å²) in [7, 11) is 0. The predicted octanol–water partition coefficient (Wildman–Crippen LogP) is 3.20. The number of esters is 1. The van der Waals surface area contributed by atoms with Crippen molar-refractivity contribution in [2.75, 3.05) is 0 Å². The average Bonchev–Trinajstić information content (AvgIpc) is 3.15. The molecule has 3 fully saturated rings. The van der Waals surface area contributed by atoms with Crippen LogP contribution in [0.5, 0.6) is 0 Å². The van der Waals surface area contributed by atoms with Gasteiger partial charge in [-0.25, -0.2) is 4.79 Å². The van der Waals surface area contributed by atoms with Crippen LogP contribution in [0.3, 0.4) is 0 Å². The Hall–Kier alpha value is -1.05. The monoisotopic (exact) mass is 258 g/mol. The van der Waals surface area contributed by atoms with Gasteiger partial charge in [0.1, 0.15) is 6.10 Å². The van der Waals surface area contributed by atoms with Gasteiger partial charge < -0.3 is 4.74 Å². The normalized spacial score (nSPS) is 50.3. The van der Waals surface area contributed by atoms with Crippen LogP contribution in [0.15, 0.2) is 24.8 Å². The minimum absolute atomic E-state index is 0.0598. The van der Waals surface area contributed by atoms with Crippen LogP contribution in [0.1, 0.15) is 26.2 Å². The third-order valence-corrected chi connectivity index (χ3v) is 6.39. The fraction of sp³-hybridized carbons (Fsp3) is 0.706. The second kappa shape index (κ2) is 3.97. The lowest BCUT2D eigenvalue weighted by atomic mass is 9.68. The highest BCUT2D eigenvalue weighted by Gasteiger charge is 2.61. The van der Waals surface area contributed by atoms with Crippen molar-refractivity contribution in [1.82, 2.24) is 0 Å². The summed E-state index contributed by atoms with van der Waals surface area (Å²) >= 11 is 0. The molecule has 102 valence electrons. The lowest BCUT2D eigenvalue weighted by Gasteiger charge is -2.38. The summed E-state index contributed by atoms with van der Waals surface area (Å²) in [5.74, 6) is 5.56. The fourth-order valence-electron chi connectivity index (χ4n) is 5.93. The maximum absolute atomic E-state index is 11.4. The minimum Gasteiger partial charge on any atom is -0.459 e. The number of rotatable bonds is 3. The van der Waals surface area contributed by atoms with Gasteiger partial charge in [0.15, 0.2) is 0 Å². The second-order valence-electron chi connectivity index (χ2n) is 7.01. The number of fused-ring (bicyclic) bond motifs is 9. The average molecular weight is 258 g/mol. The van der Waals surface area contributed by atoms with E-state index in [-0.39, 0.29) is 12.1 Å². The zero-order valence-electron chi connectivity index (χ0n) is 11.5. The second-order valence-corrected chi connectivity index (χ2v) is 7.01. The molecule has 2 heteroatoms. The van der Waals surface area contributed by atoms with Gasteiger partial charge in [0, 0.05) is 6.08 Å². The van der Waals surface area contributed by atoms with Crippen LogP contribution in [0.4, 0.5) is 0 Å². The molecular weight excluding hydrogens is 236 g/mol. The number of hydrogen-bond donors (Lipinski definition) is 0. The van der Waals surface area contributed by atoms with Crippen LogP contribution in [0.25, 0.3) is 0 Å². The van der Waals surface area contributed by atoms with Crippen molar-refractivity contribution in [3.05, 3.63) is 24.8 Å². The molecule has 19 heavy (non-hydrogen) atoms. The molecule has 0 aromatic carbocycles. The van der Waals surface area contributed by atoms with Crippen molar-refractivity contribution < 1.29 is 9.53 Å². The van der Waals surface area contributed by atoms with Crippen molar-refractivity contribution in [2.24, 2.45) is 41.4 Å². The first kappa shape index (κ1) is 11.7. The number of allylic oxidation sites excluding steroid dienone is 2. The number of carbonyl (C=O) groups excluding carboxylic acids is 1. The molecule has 8 atom stereocenters. The van der Waals surface area contributed by atoms with Gasteiger partial charge >= 0.3 is 5.97 Å². The van der Waals surface area contributed by atoms with E-state index in [4.69, 9.17) is 4.74 Å². The highest BCUT2D eigenvalue weighted by Crippen LogP contribution is 2.67. The van der Waals surface area contributed by atoms with E-state index in [0.717, 1.165) is 35.5 Å². The molecule has 3 saturated carbocycles. The van der Waals surface area contributed by atoms with Crippen molar-refractivity contribution in [1.29, 1.82) is 0 Å². The van der Waals surface area contributed by atoms with E-state index >= 15 is 0 Å². The summed E-state index contributed by atoms with van der Waals surface area (Å²) in [6.07, 6.45) is 10.3. The maximum atomic E-state index is 11.4. The molecule has 8 unspecified atom stereocenters. The maximum Gasteiger partial charge on any atom is 0.330 e. The molecule has 2 nitrogen and oxygen atoms in total. The summed E-state index contributed by atoms with van der Waals surface area (Å²) in [5.41, 5.74) is 0. The van der Waals surface area contributed by atoms with Gasteiger partial charge in [0.05, 0.1) is 0 Å². The van der Waals surface area contributed by atoms with E-state index in [9.17, 15) is 4.79 Å². The largest absolute Gasteiger partial charge is 0.459 e. The Morgan fingerprint density at radius 1 is 1.26 bits per heavy atom. The van der Waals surface area contributed by atoms with E-state index in [0.29, 0.717) is 5.92 Å². The van der Waals surface area contributed by atoms with Crippen LogP contribution in [0, 0.1) is 41.4 Å². The van der Waals surface area contributed by atoms with Crippen molar-refractivity contribution in [2.45, 2.75) is 32.3 Å². The molecule has 4 aliphatic carbocycles. The van der Waals surface area contributed by atoms with Crippen LogP contribution in [0.2, 0.25) is 0 Å². The standard InChI is InChI=1S/C17H22O2/c1-3-15(18)19-9(2)13-7-12-8-14(13)17-11-5-4-10(6-11)16(12)17/h3-5,9-14,16-17H,1,6-8H2,2H3. The Morgan fingerprint density at radius 2 is 2.00 bits per heavy atom. The zero-order valence-corrected chi connectivity index (χ0v) is 11.5. The van der Waals surface area contributed by atoms with Crippen molar-refractivity contribution >= 4 is 5.97 Å². The molecule has 0 amide bonds. The highest BCUT2D eigenvalue weighted by atomic mass is 16.5. The van der Waals surface area contributed by atoms with Gasteiger partial charge in [-0.05, 0) is 67.6 Å². The summed E-state index contributed by atoms with van der Waals surface area (Å²) in [6, 6.07) is 0. The van der Waals surface area contributed by atoms with Crippen LogP contribution < -0.4 is 0 Å². The molecule has 0 aromatic heterocycles. The van der Waals surface area contributed by atoms with Gasteiger partial charge in [-0.3, -0.25) is 0 Å². The van der Waals surface area contributed by atoms with Gasteiger partial charge in [-0.15, -0.1) is 0 Å². The molecular formula is C17H22O2. The van der Waals surface area contributed by atoms with E-state index in [1.54, 1.807) is 0 Å². The summed E-state index contributed by atoms with van der Waals surface area (Å²) in [4.78, 5) is 11.4. The lowest BCUT2D eigenvalue weighted by molar-refractivity contribution is -0.146. The lowest BCUT2D eigenvalue weighted by Crippen LogP contribution is -2.36. The van der Waals surface area contributed by atoms with Gasteiger partial charge in [-0.1, -0.05) is 18.7 Å². The molecule has 0 heterocycles.